The molecule has 0 saturated heterocycles. The molecule has 1 aromatic rings. The second-order valence-corrected chi connectivity index (χ2v) is 6.11. The lowest BCUT2D eigenvalue weighted by Crippen LogP contribution is -2.37. The standard InChI is InChI=1S/C17H26N2O/c1-6-11-20-16-10-8-7-9-15(16)12-18-13-17(2,3)14-19(4)5/h1,7-10,18H,11-14H2,2-5H3. The van der Waals surface area contributed by atoms with E-state index in [4.69, 9.17) is 11.2 Å². The Balaban J connectivity index is 2.51. The summed E-state index contributed by atoms with van der Waals surface area (Å²) in [7, 11) is 4.20. The fraction of sp³-hybridized carbons (Fsp3) is 0.529. The van der Waals surface area contributed by atoms with Gasteiger partial charge >= 0.3 is 0 Å². The molecular weight excluding hydrogens is 248 g/mol. The summed E-state index contributed by atoms with van der Waals surface area (Å²) < 4.78 is 5.55. The van der Waals surface area contributed by atoms with Crippen LogP contribution in [0.5, 0.6) is 5.75 Å². The van der Waals surface area contributed by atoms with Crippen LogP contribution >= 0.6 is 0 Å². The number of hydrogen-bond donors (Lipinski definition) is 1. The summed E-state index contributed by atoms with van der Waals surface area (Å²) in [5.74, 6) is 3.36. The third-order valence-corrected chi connectivity index (χ3v) is 2.95. The number of hydrogen-bond acceptors (Lipinski definition) is 3. The lowest BCUT2D eigenvalue weighted by molar-refractivity contribution is 0.232. The first-order chi connectivity index (χ1) is 9.44. The summed E-state index contributed by atoms with van der Waals surface area (Å²) in [6.07, 6.45) is 5.23. The SMILES string of the molecule is C#CCOc1ccccc1CNCC(C)(C)CN(C)C. The Kier molecular flexibility index (Phi) is 6.57. The molecule has 0 aliphatic heterocycles. The van der Waals surface area contributed by atoms with E-state index >= 15 is 0 Å². The minimum Gasteiger partial charge on any atom is -0.481 e. The van der Waals surface area contributed by atoms with Crippen molar-refractivity contribution in [2.45, 2.75) is 20.4 Å². The van der Waals surface area contributed by atoms with Gasteiger partial charge in [0.05, 0.1) is 0 Å². The molecule has 3 heteroatoms. The van der Waals surface area contributed by atoms with Crippen LogP contribution in [-0.4, -0.2) is 38.7 Å². The van der Waals surface area contributed by atoms with Crippen LogP contribution in [0.15, 0.2) is 24.3 Å². The maximum atomic E-state index is 5.55. The van der Waals surface area contributed by atoms with Gasteiger partial charge in [-0.2, -0.15) is 0 Å². The molecule has 0 aliphatic carbocycles. The van der Waals surface area contributed by atoms with Crippen molar-refractivity contribution < 1.29 is 4.74 Å². The second kappa shape index (κ2) is 7.94. The number of benzene rings is 1. The number of terminal acetylenes is 1. The molecule has 1 aromatic carbocycles. The maximum absolute atomic E-state index is 5.55. The van der Waals surface area contributed by atoms with E-state index in [1.807, 2.05) is 18.2 Å². The maximum Gasteiger partial charge on any atom is 0.148 e. The van der Waals surface area contributed by atoms with Gasteiger partial charge in [-0.1, -0.05) is 38.0 Å². The molecule has 1 rings (SSSR count). The molecule has 20 heavy (non-hydrogen) atoms. The lowest BCUT2D eigenvalue weighted by atomic mass is 9.93. The molecular formula is C17H26N2O. The third kappa shape index (κ3) is 6.10. The van der Waals surface area contributed by atoms with Gasteiger partial charge in [0.2, 0.25) is 0 Å². The Morgan fingerprint density at radius 3 is 2.65 bits per heavy atom. The Morgan fingerprint density at radius 2 is 2.00 bits per heavy atom. The number of rotatable bonds is 8. The van der Waals surface area contributed by atoms with Crippen LogP contribution in [0, 0.1) is 17.8 Å². The summed E-state index contributed by atoms with van der Waals surface area (Å²) in [6, 6.07) is 8.01. The number of para-hydroxylation sites is 1. The van der Waals surface area contributed by atoms with Gasteiger partial charge in [-0.05, 0) is 25.6 Å². The van der Waals surface area contributed by atoms with E-state index in [0.717, 1.165) is 30.9 Å². The van der Waals surface area contributed by atoms with Crippen LogP contribution in [0.25, 0.3) is 0 Å². The molecule has 3 nitrogen and oxygen atoms in total. The van der Waals surface area contributed by atoms with Gasteiger partial charge in [0.1, 0.15) is 12.4 Å². The minimum absolute atomic E-state index is 0.234. The fourth-order valence-corrected chi connectivity index (χ4v) is 2.36. The van der Waals surface area contributed by atoms with Crippen molar-refractivity contribution in [1.29, 1.82) is 0 Å². The van der Waals surface area contributed by atoms with Gasteiger partial charge in [-0.15, -0.1) is 6.42 Å². The summed E-state index contributed by atoms with van der Waals surface area (Å²) in [4.78, 5) is 2.21. The summed E-state index contributed by atoms with van der Waals surface area (Å²) >= 11 is 0. The predicted octanol–water partition coefficient (Wildman–Crippen LogP) is 2.38. The highest BCUT2D eigenvalue weighted by molar-refractivity contribution is 5.33. The molecule has 0 unspecified atom stereocenters. The molecule has 0 heterocycles. The molecule has 0 bridgehead atoms. The lowest BCUT2D eigenvalue weighted by Gasteiger charge is -2.28. The molecule has 0 radical (unpaired) electrons. The first kappa shape index (κ1) is 16.6. The zero-order valence-corrected chi connectivity index (χ0v) is 13.1. The highest BCUT2D eigenvalue weighted by Gasteiger charge is 2.18. The van der Waals surface area contributed by atoms with Crippen molar-refractivity contribution in [2.24, 2.45) is 5.41 Å². The first-order valence-corrected chi connectivity index (χ1v) is 6.94. The molecule has 0 fully saturated rings. The van der Waals surface area contributed by atoms with Crippen LogP contribution in [0.3, 0.4) is 0 Å². The molecule has 0 spiro atoms. The van der Waals surface area contributed by atoms with Crippen LogP contribution in [0.4, 0.5) is 0 Å². The normalized spacial score (nSPS) is 11.4. The highest BCUT2D eigenvalue weighted by Crippen LogP contribution is 2.19. The Morgan fingerprint density at radius 1 is 1.30 bits per heavy atom. The molecule has 0 saturated carbocycles. The topological polar surface area (TPSA) is 24.5 Å². The summed E-state index contributed by atoms with van der Waals surface area (Å²) in [6.45, 7) is 7.63. The quantitative estimate of drug-likeness (QED) is 0.737. The van der Waals surface area contributed by atoms with E-state index in [9.17, 15) is 0 Å². The molecule has 0 amide bonds. The Bertz CT molecular complexity index is 447. The van der Waals surface area contributed by atoms with Crippen molar-refractivity contribution >= 4 is 0 Å². The van der Waals surface area contributed by atoms with Crippen molar-refractivity contribution in [3.05, 3.63) is 29.8 Å². The van der Waals surface area contributed by atoms with Crippen molar-refractivity contribution in [2.75, 3.05) is 33.8 Å². The Hall–Kier alpha value is -1.50. The number of ether oxygens (including phenoxy) is 1. The monoisotopic (exact) mass is 274 g/mol. The van der Waals surface area contributed by atoms with E-state index < -0.39 is 0 Å². The van der Waals surface area contributed by atoms with Crippen molar-refractivity contribution in [3.63, 3.8) is 0 Å². The van der Waals surface area contributed by atoms with Crippen LogP contribution in [-0.2, 0) is 6.54 Å². The van der Waals surface area contributed by atoms with E-state index in [0.29, 0.717) is 6.61 Å². The Labute approximate surface area is 123 Å². The predicted molar refractivity (Wildman–Crippen MR) is 84.8 cm³/mol. The molecule has 110 valence electrons. The van der Waals surface area contributed by atoms with E-state index in [-0.39, 0.29) is 5.41 Å². The van der Waals surface area contributed by atoms with Gasteiger partial charge in [0.25, 0.3) is 0 Å². The van der Waals surface area contributed by atoms with Gasteiger partial charge in [-0.3, -0.25) is 0 Å². The van der Waals surface area contributed by atoms with Crippen LogP contribution in [0.1, 0.15) is 19.4 Å². The highest BCUT2D eigenvalue weighted by atomic mass is 16.5. The number of nitrogens with zero attached hydrogens (tertiary/aromatic N) is 1. The van der Waals surface area contributed by atoms with E-state index in [1.165, 1.54) is 0 Å². The zero-order chi connectivity index (χ0) is 15.0. The molecule has 0 aliphatic rings. The van der Waals surface area contributed by atoms with Crippen LogP contribution < -0.4 is 10.1 Å². The molecule has 0 atom stereocenters. The third-order valence-electron chi connectivity index (χ3n) is 2.95. The summed E-state index contributed by atoms with van der Waals surface area (Å²) in [5.41, 5.74) is 1.38. The second-order valence-electron chi connectivity index (χ2n) is 6.11. The zero-order valence-electron chi connectivity index (χ0n) is 13.1. The first-order valence-electron chi connectivity index (χ1n) is 6.94. The van der Waals surface area contributed by atoms with E-state index in [1.54, 1.807) is 0 Å². The van der Waals surface area contributed by atoms with Gasteiger partial charge in [0.15, 0.2) is 0 Å². The largest absolute Gasteiger partial charge is 0.481 e. The smallest absolute Gasteiger partial charge is 0.148 e. The van der Waals surface area contributed by atoms with Crippen molar-refractivity contribution in [3.8, 4) is 18.1 Å². The molecule has 1 N–H and O–H groups in total. The van der Waals surface area contributed by atoms with Gasteiger partial charge < -0.3 is 15.0 Å². The van der Waals surface area contributed by atoms with Crippen LogP contribution in [0.2, 0.25) is 0 Å². The number of nitrogens with one attached hydrogen (secondary N) is 1. The summed E-state index contributed by atoms with van der Waals surface area (Å²) in [5, 5.41) is 3.51. The van der Waals surface area contributed by atoms with E-state index in [2.05, 4.69) is 50.1 Å². The molecule has 0 aromatic heterocycles. The van der Waals surface area contributed by atoms with Crippen molar-refractivity contribution in [1.82, 2.24) is 10.2 Å². The minimum atomic E-state index is 0.234. The average Bonchev–Trinajstić information content (AvgIpc) is 2.36. The van der Waals surface area contributed by atoms with Gasteiger partial charge in [0, 0.05) is 25.2 Å². The fourth-order valence-electron chi connectivity index (χ4n) is 2.36. The van der Waals surface area contributed by atoms with Gasteiger partial charge in [-0.25, -0.2) is 0 Å². The average molecular weight is 274 g/mol.